The van der Waals surface area contributed by atoms with Crippen molar-refractivity contribution in [3.8, 4) is 0 Å². The standard InChI is InChI=1S/C40H81NO4/c1-4-7-10-13-16-24-29-36-43-39(42)32-25-18-17-20-27-34-41-35-28-21-19-26-33-40(44-37-30-22-14-11-8-5-2)45-38-31-23-15-12-9-6-3/h40-41H,4-38H2,1-3H3. The molecule has 0 aliphatic carbocycles. The van der Waals surface area contributed by atoms with Crippen LogP contribution in [0.4, 0.5) is 0 Å². The molecule has 270 valence electrons. The summed E-state index contributed by atoms with van der Waals surface area (Å²) in [5.41, 5.74) is 0. The molecule has 0 bridgehead atoms. The van der Waals surface area contributed by atoms with Gasteiger partial charge < -0.3 is 19.5 Å². The highest BCUT2D eigenvalue weighted by Crippen LogP contribution is 2.14. The fourth-order valence-electron chi connectivity index (χ4n) is 5.82. The predicted octanol–water partition coefficient (Wildman–Crippen LogP) is 12.2. The van der Waals surface area contributed by atoms with E-state index >= 15 is 0 Å². The number of nitrogens with one attached hydrogen (secondary N) is 1. The Bertz CT molecular complexity index is 540. The van der Waals surface area contributed by atoms with Gasteiger partial charge in [0.2, 0.25) is 0 Å². The zero-order valence-electron chi connectivity index (χ0n) is 31.0. The van der Waals surface area contributed by atoms with Gasteiger partial charge in [-0.05, 0) is 64.5 Å². The average molecular weight is 640 g/mol. The van der Waals surface area contributed by atoms with E-state index in [0.717, 1.165) is 52.0 Å². The molecule has 0 aromatic carbocycles. The SMILES string of the molecule is CCCCCCCCCOC(=O)CCCCCCCNCCCCCCC(OCCCCCCCC)OCCCCCCCC. The summed E-state index contributed by atoms with van der Waals surface area (Å²) in [6, 6.07) is 0. The minimum Gasteiger partial charge on any atom is -0.466 e. The summed E-state index contributed by atoms with van der Waals surface area (Å²) in [6.07, 6.45) is 36.9. The number of carbonyl (C=O) groups is 1. The molecule has 0 rings (SSSR count). The normalized spacial score (nSPS) is 11.6. The van der Waals surface area contributed by atoms with Crippen LogP contribution in [0.25, 0.3) is 0 Å². The quantitative estimate of drug-likeness (QED) is 0.0412. The summed E-state index contributed by atoms with van der Waals surface area (Å²) in [5, 5.41) is 3.62. The van der Waals surface area contributed by atoms with E-state index in [9.17, 15) is 4.79 Å². The van der Waals surface area contributed by atoms with Crippen LogP contribution in [0, 0.1) is 0 Å². The first-order chi connectivity index (χ1) is 22.2. The molecule has 0 unspecified atom stereocenters. The lowest BCUT2D eigenvalue weighted by molar-refractivity contribution is -0.148. The van der Waals surface area contributed by atoms with E-state index in [1.165, 1.54) is 161 Å². The highest BCUT2D eigenvalue weighted by molar-refractivity contribution is 5.69. The van der Waals surface area contributed by atoms with Crippen molar-refractivity contribution in [2.24, 2.45) is 0 Å². The zero-order chi connectivity index (χ0) is 32.7. The molecule has 1 N–H and O–H groups in total. The summed E-state index contributed by atoms with van der Waals surface area (Å²) >= 11 is 0. The fourth-order valence-corrected chi connectivity index (χ4v) is 5.82. The molecule has 0 saturated carbocycles. The number of ether oxygens (including phenoxy) is 3. The van der Waals surface area contributed by atoms with E-state index in [0.29, 0.717) is 13.0 Å². The molecule has 5 heteroatoms. The fraction of sp³-hybridized carbons (Fsp3) is 0.975. The van der Waals surface area contributed by atoms with Crippen molar-refractivity contribution in [2.45, 2.75) is 220 Å². The Balaban J connectivity index is 3.64. The van der Waals surface area contributed by atoms with E-state index in [4.69, 9.17) is 14.2 Å². The third kappa shape index (κ3) is 37.7. The second kappa shape index (κ2) is 39.5. The first-order valence-electron chi connectivity index (χ1n) is 20.3. The molecule has 0 heterocycles. The number of hydrogen-bond acceptors (Lipinski definition) is 5. The van der Waals surface area contributed by atoms with Crippen LogP contribution in [0.5, 0.6) is 0 Å². The molecule has 0 aliphatic heterocycles. The molecule has 0 aromatic rings. The van der Waals surface area contributed by atoms with Crippen LogP contribution in [-0.4, -0.2) is 45.2 Å². The second-order valence-electron chi connectivity index (χ2n) is 13.5. The highest BCUT2D eigenvalue weighted by Gasteiger charge is 2.09. The number of hydrogen-bond donors (Lipinski definition) is 1. The van der Waals surface area contributed by atoms with Gasteiger partial charge in [-0.25, -0.2) is 0 Å². The van der Waals surface area contributed by atoms with Crippen molar-refractivity contribution >= 4 is 5.97 Å². The maximum absolute atomic E-state index is 11.9. The third-order valence-electron chi connectivity index (χ3n) is 8.89. The van der Waals surface area contributed by atoms with Gasteiger partial charge in [-0.1, -0.05) is 156 Å². The number of unbranched alkanes of at least 4 members (excludes halogenated alkanes) is 23. The van der Waals surface area contributed by atoms with Gasteiger partial charge in [0.25, 0.3) is 0 Å². The molecule has 0 radical (unpaired) electrons. The lowest BCUT2D eigenvalue weighted by Gasteiger charge is -2.19. The van der Waals surface area contributed by atoms with Crippen LogP contribution in [0.1, 0.15) is 213 Å². The molecule has 0 fully saturated rings. The maximum atomic E-state index is 11.9. The van der Waals surface area contributed by atoms with Crippen LogP contribution in [0.3, 0.4) is 0 Å². The molecule has 0 spiro atoms. The van der Waals surface area contributed by atoms with Crippen LogP contribution in [0.15, 0.2) is 0 Å². The van der Waals surface area contributed by atoms with Crippen LogP contribution in [-0.2, 0) is 19.0 Å². The van der Waals surface area contributed by atoms with E-state index < -0.39 is 0 Å². The third-order valence-corrected chi connectivity index (χ3v) is 8.89. The van der Waals surface area contributed by atoms with Gasteiger partial charge in [-0.15, -0.1) is 0 Å². The largest absolute Gasteiger partial charge is 0.466 e. The summed E-state index contributed by atoms with van der Waals surface area (Å²) in [7, 11) is 0. The summed E-state index contributed by atoms with van der Waals surface area (Å²) in [4.78, 5) is 11.9. The Kier molecular flexibility index (Phi) is 39.0. The molecular formula is C40H81NO4. The summed E-state index contributed by atoms with van der Waals surface area (Å²) in [5.74, 6) is -0.000412. The van der Waals surface area contributed by atoms with E-state index in [-0.39, 0.29) is 12.3 Å². The van der Waals surface area contributed by atoms with Crippen molar-refractivity contribution in [3.63, 3.8) is 0 Å². The van der Waals surface area contributed by atoms with Gasteiger partial charge in [0, 0.05) is 19.6 Å². The Labute approximate surface area is 282 Å². The number of esters is 1. The molecule has 0 amide bonds. The molecule has 0 saturated heterocycles. The Morgan fingerprint density at radius 3 is 1.31 bits per heavy atom. The van der Waals surface area contributed by atoms with Gasteiger partial charge in [-0.3, -0.25) is 4.79 Å². The van der Waals surface area contributed by atoms with Crippen LogP contribution >= 0.6 is 0 Å². The van der Waals surface area contributed by atoms with Gasteiger partial charge in [0.15, 0.2) is 6.29 Å². The zero-order valence-corrected chi connectivity index (χ0v) is 31.0. The average Bonchev–Trinajstić information content (AvgIpc) is 3.04. The lowest BCUT2D eigenvalue weighted by atomic mass is 10.1. The molecule has 45 heavy (non-hydrogen) atoms. The minimum atomic E-state index is -0.00467. The topological polar surface area (TPSA) is 56.8 Å². The molecule has 0 aromatic heterocycles. The van der Waals surface area contributed by atoms with Crippen LogP contribution < -0.4 is 5.32 Å². The first-order valence-corrected chi connectivity index (χ1v) is 20.3. The van der Waals surface area contributed by atoms with Crippen molar-refractivity contribution in [1.82, 2.24) is 5.32 Å². The predicted molar refractivity (Wildman–Crippen MR) is 195 cm³/mol. The molecule has 0 aliphatic rings. The maximum Gasteiger partial charge on any atom is 0.305 e. The van der Waals surface area contributed by atoms with Gasteiger partial charge in [0.05, 0.1) is 6.61 Å². The Morgan fingerprint density at radius 1 is 0.444 bits per heavy atom. The van der Waals surface area contributed by atoms with E-state index in [1.54, 1.807) is 0 Å². The Hall–Kier alpha value is -0.650. The molecule has 0 atom stereocenters. The lowest BCUT2D eigenvalue weighted by Crippen LogP contribution is -2.19. The monoisotopic (exact) mass is 640 g/mol. The van der Waals surface area contributed by atoms with E-state index in [1.807, 2.05) is 0 Å². The molecular weight excluding hydrogens is 558 g/mol. The van der Waals surface area contributed by atoms with Crippen molar-refractivity contribution in [1.29, 1.82) is 0 Å². The minimum absolute atomic E-state index is 0.000412. The van der Waals surface area contributed by atoms with Gasteiger partial charge in [0.1, 0.15) is 0 Å². The molecule has 5 nitrogen and oxygen atoms in total. The van der Waals surface area contributed by atoms with E-state index in [2.05, 4.69) is 26.1 Å². The Morgan fingerprint density at radius 2 is 0.822 bits per heavy atom. The van der Waals surface area contributed by atoms with Crippen molar-refractivity contribution < 1.29 is 19.0 Å². The summed E-state index contributed by atoms with van der Waals surface area (Å²) < 4.78 is 17.8. The van der Waals surface area contributed by atoms with Crippen molar-refractivity contribution in [2.75, 3.05) is 32.9 Å². The first kappa shape index (κ1) is 44.4. The smallest absolute Gasteiger partial charge is 0.305 e. The highest BCUT2D eigenvalue weighted by atomic mass is 16.7. The van der Waals surface area contributed by atoms with Gasteiger partial charge in [-0.2, -0.15) is 0 Å². The number of carbonyl (C=O) groups excluding carboxylic acids is 1. The van der Waals surface area contributed by atoms with Crippen molar-refractivity contribution in [3.05, 3.63) is 0 Å². The second-order valence-corrected chi connectivity index (χ2v) is 13.5. The number of rotatable bonds is 39. The van der Waals surface area contributed by atoms with Gasteiger partial charge >= 0.3 is 5.97 Å². The summed E-state index contributed by atoms with van der Waals surface area (Å²) in [6.45, 7) is 11.3. The van der Waals surface area contributed by atoms with Crippen LogP contribution in [0.2, 0.25) is 0 Å².